The number of carboxylic acids is 2. The molecule has 15 N–H and O–H groups in total. The van der Waals surface area contributed by atoms with Crippen LogP contribution in [0.1, 0.15) is 58.1 Å². The number of nitrogens with one attached hydrogen (secondary N) is 7. The second-order valence-corrected chi connectivity index (χ2v) is 14.8. The number of hydrogen-bond acceptors (Lipinski definition) is 14. The van der Waals surface area contributed by atoms with Crippen molar-refractivity contribution in [3.05, 3.63) is 59.7 Å². The number of phenolic OH excluding ortho intramolecular Hbond substituents is 2. The van der Waals surface area contributed by atoms with E-state index < -0.39 is 133 Å². The van der Waals surface area contributed by atoms with Gasteiger partial charge in [0.2, 0.25) is 47.3 Å². The average molecular weight is 903 g/mol. The summed E-state index contributed by atoms with van der Waals surface area (Å²) in [5, 5.41) is 75.2. The van der Waals surface area contributed by atoms with Crippen molar-refractivity contribution in [1.82, 2.24) is 37.2 Å². The van der Waals surface area contributed by atoms with Gasteiger partial charge in [0.15, 0.2) is 0 Å². The second-order valence-electron chi connectivity index (χ2n) is 14.8. The van der Waals surface area contributed by atoms with Gasteiger partial charge in [0.1, 0.15) is 53.8 Å². The standard InChI is InChI=1S/C40H54N8O16/c1-18(42-21(4)51)35(59)43-26(13-14-30(54)55)36(60)47-33(20(3)50)40(64)46-28(15-22-5-9-24(52)10-6-22)37(61)45-29(16-23-7-11-25(53)12-8-23)38(62)48-32(19(2)49)39(63)44-27(34(41)58)17-31(56)57/h5-12,18-20,26-29,32-33,49-50,52-53H,13-17H2,1-4H3,(H2,41,58)(H,42,51)(H,43,59)(H,44,63)(H,45,61)(H,46,64)(H,47,60)(H,48,62)(H,54,55)(H,56,57). The van der Waals surface area contributed by atoms with Crippen molar-refractivity contribution in [3.63, 3.8) is 0 Å². The topological polar surface area (TPSA) is 402 Å². The van der Waals surface area contributed by atoms with Crippen LogP contribution in [0.25, 0.3) is 0 Å². The van der Waals surface area contributed by atoms with E-state index in [2.05, 4.69) is 37.2 Å². The number of aliphatic carboxylic acids is 2. The van der Waals surface area contributed by atoms with Crippen LogP contribution < -0.4 is 43.0 Å². The van der Waals surface area contributed by atoms with E-state index in [1.807, 2.05) is 0 Å². The Morgan fingerprint density at radius 2 is 0.891 bits per heavy atom. The van der Waals surface area contributed by atoms with Gasteiger partial charge in [0, 0.05) is 26.2 Å². The Hall–Kier alpha value is -7.34. The van der Waals surface area contributed by atoms with Gasteiger partial charge in [0.25, 0.3) is 0 Å². The van der Waals surface area contributed by atoms with Crippen LogP contribution in [-0.4, -0.2) is 144 Å². The van der Waals surface area contributed by atoms with Crippen molar-refractivity contribution in [1.29, 1.82) is 0 Å². The number of primary amides is 1. The Morgan fingerprint density at radius 1 is 0.516 bits per heavy atom. The third-order valence-corrected chi connectivity index (χ3v) is 9.28. The van der Waals surface area contributed by atoms with Crippen LogP contribution >= 0.6 is 0 Å². The second kappa shape index (κ2) is 24.9. The lowest BCUT2D eigenvalue weighted by atomic mass is 10.0. The quantitative estimate of drug-likeness (QED) is 0.0450. The fraction of sp³-hybridized carbons (Fsp3) is 0.450. The highest BCUT2D eigenvalue weighted by molar-refractivity contribution is 5.98. The molecule has 0 saturated carbocycles. The molecule has 0 aliphatic rings. The zero-order valence-corrected chi connectivity index (χ0v) is 35.2. The molecule has 2 rings (SSSR count). The lowest BCUT2D eigenvalue weighted by Gasteiger charge is -2.29. The van der Waals surface area contributed by atoms with Gasteiger partial charge in [-0.2, -0.15) is 0 Å². The molecule has 0 spiro atoms. The zero-order valence-electron chi connectivity index (χ0n) is 35.2. The number of phenols is 2. The number of nitrogens with two attached hydrogens (primary N) is 1. The fourth-order valence-electron chi connectivity index (χ4n) is 5.87. The summed E-state index contributed by atoms with van der Waals surface area (Å²) < 4.78 is 0. The first kappa shape index (κ1) is 52.8. The Morgan fingerprint density at radius 3 is 1.27 bits per heavy atom. The number of aliphatic hydroxyl groups excluding tert-OH is 2. The maximum atomic E-state index is 14.2. The van der Waals surface area contributed by atoms with Crippen molar-refractivity contribution in [2.75, 3.05) is 0 Å². The average Bonchev–Trinajstić information content (AvgIpc) is 3.20. The molecule has 24 nitrogen and oxygen atoms in total. The van der Waals surface area contributed by atoms with Crippen LogP contribution in [0.5, 0.6) is 11.5 Å². The smallest absolute Gasteiger partial charge is 0.305 e. The first-order valence-corrected chi connectivity index (χ1v) is 19.6. The summed E-state index contributed by atoms with van der Waals surface area (Å²) in [6.07, 6.45) is -6.15. The largest absolute Gasteiger partial charge is 0.508 e. The van der Waals surface area contributed by atoms with E-state index in [1.165, 1.54) is 55.5 Å². The number of aromatic hydroxyl groups is 2. The summed E-state index contributed by atoms with van der Waals surface area (Å²) in [5.41, 5.74) is 5.88. The first-order chi connectivity index (χ1) is 29.9. The number of amides is 8. The molecule has 0 radical (unpaired) electrons. The van der Waals surface area contributed by atoms with Crippen molar-refractivity contribution in [2.24, 2.45) is 5.73 Å². The molecule has 9 atom stereocenters. The van der Waals surface area contributed by atoms with E-state index in [1.54, 1.807) is 0 Å². The molecule has 0 fully saturated rings. The summed E-state index contributed by atoms with van der Waals surface area (Å²) in [7, 11) is 0. The number of carboxylic acid groups (broad SMARTS) is 2. The van der Waals surface area contributed by atoms with Crippen LogP contribution in [0.2, 0.25) is 0 Å². The molecular weight excluding hydrogens is 848 g/mol. The minimum absolute atomic E-state index is 0.156. The van der Waals surface area contributed by atoms with Crippen molar-refractivity contribution < 1.29 is 78.6 Å². The maximum Gasteiger partial charge on any atom is 0.305 e. The number of hydrogen-bond donors (Lipinski definition) is 14. The van der Waals surface area contributed by atoms with Crippen LogP contribution in [-0.2, 0) is 60.8 Å². The Labute approximate surface area is 365 Å². The molecule has 0 aliphatic carbocycles. The molecule has 0 aliphatic heterocycles. The van der Waals surface area contributed by atoms with Crippen LogP contribution in [0.4, 0.5) is 0 Å². The van der Waals surface area contributed by atoms with E-state index in [0.29, 0.717) is 11.1 Å². The van der Waals surface area contributed by atoms with Crippen LogP contribution in [0.3, 0.4) is 0 Å². The SMILES string of the molecule is CC(=O)NC(C)C(=O)NC(CCC(=O)O)C(=O)NC(C(=O)NC(Cc1ccc(O)cc1)C(=O)NC(Cc1ccc(O)cc1)C(=O)NC(C(=O)NC(CC(=O)O)C(N)=O)C(C)O)C(C)O. The van der Waals surface area contributed by atoms with Gasteiger partial charge in [-0.1, -0.05) is 24.3 Å². The highest BCUT2D eigenvalue weighted by atomic mass is 16.4. The number of benzene rings is 2. The predicted molar refractivity (Wildman–Crippen MR) is 220 cm³/mol. The Bertz CT molecular complexity index is 2010. The highest BCUT2D eigenvalue weighted by Crippen LogP contribution is 2.15. The molecular formula is C40H54N8O16. The number of aliphatic hydroxyl groups is 2. The van der Waals surface area contributed by atoms with E-state index in [4.69, 9.17) is 10.8 Å². The fourth-order valence-corrected chi connectivity index (χ4v) is 5.87. The van der Waals surface area contributed by atoms with Gasteiger partial charge in [-0.25, -0.2) is 0 Å². The number of rotatable bonds is 25. The van der Waals surface area contributed by atoms with Gasteiger partial charge in [-0.05, 0) is 62.6 Å². The van der Waals surface area contributed by atoms with Crippen LogP contribution in [0.15, 0.2) is 48.5 Å². The van der Waals surface area contributed by atoms with Crippen molar-refractivity contribution in [2.45, 2.75) is 114 Å². The molecule has 9 unspecified atom stereocenters. The van der Waals surface area contributed by atoms with Gasteiger partial charge >= 0.3 is 11.9 Å². The monoisotopic (exact) mass is 902 g/mol. The predicted octanol–water partition coefficient (Wildman–Crippen LogP) is -4.10. The molecule has 0 saturated heterocycles. The summed E-state index contributed by atoms with van der Waals surface area (Å²) >= 11 is 0. The van der Waals surface area contributed by atoms with E-state index in [9.17, 15) is 73.5 Å². The van der Waals surface area contributed by atoms with E-state index in [-0.39, 0.29) is 24.3 Å². The Balaban J connectivity index is 2.52. The van der Waals surface area contributed by atoms with Gasteiger partial charge < -0.3 is 73.6 Å². The molecule has 350 valence electrons. The zero-order chi connectivity index (χ0) is 48.4. The van der Waals surface area contributed by atoms with Gasteiger partial charge in [-0.3, -0.25) is 47.9 Å². The third-order valence-electron chi connectivity index (χ3n) is 9.28. The molecule has 64 heavy (non-hydrogen) atoms. The summed E-state index contributed by atoms with van der Waals surface area (Å²) in [6, 6.07) is -0.910. The van der Waals surface area contributed by atoms with E-state index >= 15 is 0 Å². The van der Waals surface area contributed by atoms with Crippen molar-refractivity contribution in [3.8, 4) is 11.5 Å². The van der Waals surface area contributed by atoms with Crippen molar-refractivity contribution >= 4 is 59.2 Å². The molecule has 0 heterocycles. The van der Waals surface area contributed by atoms with Gasteiger partial charge in [-0.15, -0.1) is 0 Å². The number of carbonyl (C=O) groups excluding carboxylic acids is 8. The first-order valence-electron chi connectivity index (χ1n) is 19.6. The Kier molecular flexibility index (Phi) is 20.6. The lowest BCUT2D eigenvalue weighted by molar-refractivity contribution is -0.141. The van der Waals surface area contributed by atoms with E-state index in [0.717, 1.165) is 20.8 Å². The molecule has 2 aromatic carbocycles. The van der Waals surface area contributed by atoms with Crippen LogP contribution in [0, 0.1) is 0 Å². The molecule has 2 aromatic rings. The van der Waals surface area contributed by atoms with Gasteiger partial charge in [0.05, 0.1) is 18.6 Å². The highest BCUT2D eigenvalue weighted by Gasteiger charge is 2.36. The normalized spacial score (nSPS) is 15.1. The molecule has 8 amide bonds. The molecule has 0 aromatic heterocycles. The minimum Gasteiger partial charge on any atom is -0.508 e. The lowest BCUT2D eigenvalue weighted by Crippen LogP contribution is -2.62. The molecule has 24 heteroatoms. The maximum absolute atomic E-state index is 14.2. The summed E-state index contributed by atoms with van der Waals surface area (Å²) in [4.78, 5) is 127. The number of carbonyl (C=O) groups is 10. The summed E-state index contributed by atoms with van der Waals surface area (Å²) in [6.45, 7) is 4.61. The molecule has 0 bridgehead atoms. The third kappa shape index (κ3) is 17.9. The minimum atomic E-state index is -1.87. The summed E-state index contributed by atoms with van der Waals surface area (Å²) in [5.74, 6) is -11.6.